The van der Waals surface area contributed by atoms with Crippen LogP contribution in [0.25, 0.3) is 0 Å². The minimum absolute atomic E-state index is 0.180. The highest BCUT2D eigenvalue weighted by molar-refractivity contribution is 5.68. The van der Waals surface area contributed by atoms with Gasteiger partial charge in [-0.3, -0.25) is 4.79 Å². The lowest BCUT2D eigenvalue weighted by atomic mass is 9.99. The van der Waals surface area contributed by atoms with E-state index in [2.05, 4.69) is 4.74 Å². The minimum Gasteiger partial charge on any atom is -0.469 e. The fourth-order valence-corrected chi connectivity index (χ4v) is 2.65. The molecule has 0 bridgehead atoms. The molecule has 1 fully saturated rings. The molecule has 0 amide bonds. The van der Waals surface area contributed by atoms with Crippen LogP contribution in [-0.4, -0.2) is 77.4 Å². The maximum Gasteiger partial charge on any atom is 0.305 e. The van der Waals surface area contributed by atoms with Crippen molar-refractivity contribution in [2.75, 3.05) is 20.3 Å². The Hall–Kier alpha value is -0.770. The number of aliphatic hydroxyl groups is 4. The van der Waals surface area contributed by atoms with Crippen LogP contribution in [0.5, 0.6) is 0 Å². The number of carbonyl (C=O) groups excluding carboxylic acids is 1. The summed E-state index contributed by atoms with van der Waals surface area (Å²) in [7, 11) is 1.39. The van der Waals surface area contributed by atoms with E-state index >= 15 is 0 Å². The molecule has 1 aliphatic rings. The number of hydrogen-bond acceptors (Lipinski definition) is 8. The van der Waals surface area contributed by atoms with Gasteiger partial charge in [-0.1, -0.05) is 25.7 Å². The van der Waals surface area contributed by atoms with Gasteiger partial charge in [0.1, 0.15) is 24.4 Å². The van der Waals surface area contributed by atoms with Crippen molar-refractivity contribution in [1.82, 2.24) is 0 Å². The molecule has 0 aromatic heterocycles. The number of esters is 1. The van der Waals surface area contributed by atoms with Crippen LogP contribution in [0.4, 0.5) is 0 Å². The number of unbranched alkanes of at least 4 members (excludes halogenated alkanes) is 5. The van der Waals surface area contributed by atoms with Crippen molar-refractivity contribution in [3.8, 4) is 0 Å². The van der Waals surface area contributed by atoms with Gasteiger partial charge < -0.3 is 34.6 Å². The van der Waals surface area contributed by atoms with Gasteiger partial charge in [0.2, 0.25) is 0 Å². The van der Waals surface area contributed by atoms with E-state index in [9.17, 15) is 20.1 Å². The van der Waals surface area contributed by atoms with Crippen molar-refractivity contribution in [2.45, 2.75) is 75.7 Å². The molecule has 24 heavy (non-hydrogen) atoms. The molecule has 0 aromatic carbocycles. The van der Waals surface area contributed by atoms with E-state index in [1.54, 1.807) is 0 Å². The van der Waals surface area contributed by atoms with E-state index in [-0.39, 0.29) is 5.97 Å². The van der Waals surface area contributed by atoms with Gasteiger partial charge in [-0.05, 0) is 12.8 Å². The molecule has 0 radical (unpaired) electrons. The number of ether oxygens (including phenoxy) is 3. The van der Waals surface area contributed by atoms with Gasteiger partial charge in [0.05, 0.1) is 13.7 Å². The molecule has 0 unspecified atom stereocenters. The van der Waals surface area contributed by atoms with Gasteiger partial charge in [-0.2, -0.15) is 0 Å². The lowest BCUT2D eigenvalue weighted by Crippen LogP contribution is -2.59. The zero-order valence-electron chi connectivity index (χ0n) is 14.2. The molecule has 8 heteroatoms. The van der Waals surface area contributed by atoms with Crippen molar-refractivity contribution >= 4 is 5.97 Å². The third kappa shape index (κ3) is 7.00. The maximum absolute atomic E-state index is 10.9. The van der Waals surface area contributed by atoms with Crippen LogP contribution in [0.2, 0.25) is 0 Å². The molecule has 0 aliphatic carbocycles. The maximum atomic E-state index is 10.9. The number of hydrogen-bond donors (Lipinski definition) is 4. The van der Waals surface area contributed by atoms with Crippen molar-refractivity contribution in [3.05, 3.63) is 0 Å². The molecule has 0 spiro atoms. The average molecular weight is 350 g/mol. The summed E-state index contributed by atoms with van der Waals surface area (Å²) >= 11 is 0. The van der Waals surface area contributed by atoms with Crippen LogP contribution in [-0.2, 0) is 19.0 Å². The predicted octanol–water partition coefficient (Wildman–Crippen LogP) is -0.293. The molecule has 5 atom stereocenters. The van der Waals surface area contributed by atoms with Gasteiger partial charge in [-0.25, -0.2) is 0 Å². The third-order valence-electron chi connectivity index (χ3n) is 4.16. The number of carbonyl (C=O) groups is 1. The second-order valence-electron chi connectivity index (χ2n) is 6.01. The van der Waals surface area contributed by atoms with E-state index < -0.39 is 37.3 Å². The molecule has 1 rings (SSSR count). The molecule has 1 heterocycles. The molecule has 0 saturated carbocycles. The van der Waals surface area contributed by atoms with Crippen molar-refractivity contribution in [2.24, 2.45) is 0 Å². The van der Waals surface area contributed by atoms with E-state index in [1.807, 2.05) is 0 Å². The summed E-state index contributed by atoms with van der Waals surface area (Å²) in [4.78, 5) is 10.9. The molecule has 1 saturated heterocycles. The summed E-state index contributed by atoms with van der Waals surface area (Å²) in [6, 6.07) is 0. The van der Waals surface area contributed by atoms with Gasteiger partial charge in [0, 0.05) is 13.0 Å². The van der Waals surface area contributed by atoms with Crippen molar-refractivity contribution in [1.29, 1.82) is 0 Å². The second kappa shape index (κ2) is 11.7. The van der Waals surface area contributed by atoms with Crippen molar-refractivity contribution < 1.29 is 39.4 Å². The zero-order chi connectivity index (χ0) is 17.9. The van der Waals surface area contributed by atoms with E-state index in [1.165, 1.54) is 7.11 Å². The number of methoxy groups -OCH3 is 1. The first-order chi connectivity index (χ1) is 11.5. The van der Waals surface area contributed by atoms with Crippen LogP contribution < -0.4 is 0 Å². The summed E-state index contributed by atoms with van der Waals surface area (Å²) in [6.45, 7) is -0.154. The molecular weight excluding hydrogens is 320 g/mol. The van der Waals surface area contributed by atoms with E-state index in [4.69, 9.17) is 14.6 Å². The van der Waals surface area contributed by atoms with E-state index in [0.717, 1.165) is 38.5 Å². The van der Waals surface area contributed by atoms with Crippen LogP contribution in [0, 0.1) is 0 Å². The molecule has 142 valence electrons. The summed E-state index contributed by atoms with van der Waals surface area (Å²) in [5.74, 6) is -0.180. The number of aliphatic hydroxyl groups excluding tert-OH is 4. The Balaban J connectivity index is 2.07. The lowest BCUT2D eigenvalue weighted by molar-refractivity contribution is -0.296. The van der Waals surface area contributed by atoms with Gasteiger partial charge in [-0.15, -0.1) is 0 Å². The highest BCUT2D eigenvalue weighted by atomic mass is 16.7. The molecule has 4 N–H and O–H groups in total. The van der Waals surface area contributed by atoms with Gasteiger partial charge in [0.25, 0.3) is 0 Å². The SMILES string of the molecule is COC(=O)CCCCCCCCO[C@H]1[C@@H](O)[C@H](O)[C@@H](CO)O[C@@H]1O. The lowest BCUT2D eigenvalue weighted by Gasteiger charge is -2.39. The van der Waals surface area contributed by atoms with Crippen LogP contribution >= 0.6 is 0 Å². The van der Waals surface area contributed by atoms with E-state index in [0.29, 0.717) is 13.0 Å². The normalized spacial score (nSPS) is 30.3. The molecule has 0 aromatic rings. The first-order valence-electron chi connectivity index (χ1n) is 8.50. The van der Waals surface area contributed by atoms with Crippen LogP contribution in [0.1, 0.15) is 44.9 Å². The largest absolute Gasteiger partial charge is 0.469 e. The quantitative estimate of drug-likeness (QED) is 0.296. The Morgan fingerprint density at radius 1 is 1.00 bits per heavy atom. The smallest absolute Gasteiger partial charge is 0.305 e. The Morgan fingerprint density at radius 2 is 1.62 bits per heavy atom. The summed E-state index contributed by atoms with van der Waals surface area (Å²) in [6.07, 6.45) is -0.0502. The van der Waals surface area contributed by atoms with Crippen LogP contribution in [0.15, 0.2) is 0 Å². The molecule has 8 nitrogen and oxygen atoms in total. The molecule has 1 aliphatic heterocycles. The van der Waals surface area contributed by atoms with Crippen molar-refractivity contribution in [3.63, 3.8) is 0 Å². The third-order valence-corrected chi connectivity index (χ3v) is 4.16. The monoisotopic (exact) mass is 350 g/mol. The summed E-state index contributed by atoms with van der Waals surface area (Å²) < 4.78 is 15.0. The summed E-state index contributed by atoms with van der Waals surface area (Å²) in [5.41, 5.74) is 0. The zero-order valence-corrected chi connectivity index (χ0v) is 14.2. The van der Waals surface area contributed by atoms with Gasteiger partial charge >= 0.3 is 5.97 Å². The standard InChI is InChI=1S/C16H30O8/c1-22-12(18)8-6-4-2-3-5-7-9-23-15-14(20)13(19)11(10-17)24-16(15)21/h11,13-17,19-21H,2-10H2,1H3/t11-,13-,14+,15+,16+/m1/s1. The second-order valence-corrected chi connectivity index (χ2v) is 6.01. The fourth-order valence-electron chi connectivity index (χ4n) is 2.65. The van der Waals surface area contributed by atoms with Crippen LogP contribution in [0.3, 0.4) is 0 Å². The van der Waals surface area contributed by atoms with Gasteiger partial charge in [0.15, 0.2) is 6.29 Å². The fraction of sp³-hybridized carbons (Fsp3) is 0.938. The Morgan fingerprint density at radius 3 is 2.25 bits per heavy atom. The average Bonchev–Trinajstić information content (AvgIpc) is 2.58. The Kier molecular flexibility index (Phi) is 10.4. The molecular formula is C16H30O8. The highest BCUT2D eigenvalue weighted by Crippen LogP contribution is 2.22. The minimum atomic E-state index is -1.38. The highest BCUT2D eigenvalue weighted by Gasteiger charge is 2.44. The first-order valence-corrected chi connectivity index (χ1v) is 8.50. The Labute approximate surface area is 142 Å². The first kappa shape index (κ1) is 21.3. The topological polar surface area (TPSA) is 126 Å². The Bertz CT molecular complexity index is 351. The summed E-state index contributed by atoms with van der Waals surface area (Å²) in [5, 5.41) is 38.4. The number of rotatable bonds is 11. The predicted molar refractivity (Wildman–Crippen MR) is 84.1 cm³/mol.